The van der Waals surface area contributed by atoms with Gasteiger partial charge in [-0.25, -0.2) is 0 Å². The maximum Gasteiger partial charge on any atom is 1.00 e. The number of benzene rings is 1. The first kappa shape index (κ1) is 15.3. The molecule has 17 heavy (non-hydrogen) atoms. The van der Waals surface area contributed by atoms with E-state index in [0.29, 0.717) is 0 Å². The Bertz CT molecular complexity index is 443. The van der Waals surface area contributed by atoms with Gasteiger partial charge in [-0.15, -0.1) is 10.1 Å². The molecule has 0 aromatic heterocycles. The van der Waals surface area contributed by atoms with Gasteiger partial charge in [-0.05, 0) is 0 Å². The van der Waals surface area contributed by atoms with Crippen molar-refractivity contribution < 1.29 is 54.3 Å². The van der Waals surface area contributed by atoms with Crippen LogP contribution in [0.2, 0.25) is 0 Å². The zero-order chi connectivity index (χ0) is 12.3. The van der Waals surface area contributed by atoms with Gasteiger partial charge in [0.1, 0.15) is 0 Å². The maximum atomic E-state index is 10.5. The second kappa shape index (κ2) is 6.13. The number of aromatic carboxylic acids is 1. The van der Waals surface area contributed by atoms with Gasteiger partial charge in [-0.1, -0.05) is 12.1 Å². The van der Waals surface area contributed by atoms with Crippen LogP contribution >= 0.6 is 0 Å². The van der Waals surface area contributed by atoms with Crippen molar-refractivity contribution in [2.75, 3.05) is 0 Å². The second-order valence-corrected chi connectivity index (χ2v) is 2.51. The van der Waals surface area contributed by atoms with Gasteiger partial charge in [0, 0.05) is 11.6 Å². The molecule has 10 heteroatoms. The van der Waals surface area contributed by atoms with E-state index in [1.54, 1.807) is 0 Å². The summed E-state index contributed by atoms with van der Waals surface area (Å²) in [5, 5.41) is 29.7. The van der Waals surface area contributed by atoms with Crippen LogP contribution < -0.4 is 39.5 Å². The van der Waals surface area contributed by atoms with Crippen molar-refractivity contribution in [2.45, 2.75) is 0 Å². The van der Waals surface area contributed by atoms with E-state index in [0.717, 1.165) is 18.2 Å². The largest absolute Gasteiger partial charge is 1.00 e. The molecule has 9 nitrogen and oxygen atoms in total. The van der Waals surface area contributed by atoms with Crippen molar-refractivity contribution in [1.82, 2.24) is 0 Å². The molecule has 0 unspecified atom stereocenters. The Morgan fingerprint density at radius 2 is 1.82 bits per heavy atom. The Labute approximate surface area is 116 Å². The summed E-state index contributed by atoms with van der Waals surface area (Å²) in [6, 6.07) is 2.84. The normalized spacial score (nSPS) is 8.94. The van der Waals surface area contributed by atoms with Crippen LogP contribution in [0.25, 0.3) is 0 Å². The summed E-state index contributed by atoms with van der Waals surface area (Å²) in [7, 11) is 0. The van der Waals surface area contributed by atoms with Gasteiger partial charge in [0.2, 0.25) is 5.75 Å². The third kappa shape index (κ3) is 3.66. The SMILES string of the molecule is O=C([O-])c1cccc([N+](=O)[O-])c1O[N+](=O)[O-].[Na+]. The number of nitro groups is 1. The topological polar surface area (TPSA) is 136 Å². The fourth-order valence-corrected chi connectivity index (χ4v) is 1.000. The van der Waals surface area contributed by atoms with Gasteiger partial charge < -0.3 is 9.90 Å². The van der Waals surface area contributed by atoms with E-state index < -0.39 is 33.0 Å². The van der Waals surface area contributed by atoms with E-state index in [4.69, 9.17) is 0 Å². The van der Waals surface area contributed by atoms with Crippen LogP contribution in [0.15, 0.2) is 18.2 Å². The number of hydrogen-bond acceptors (Lipinski definition) is 7. The Morgan fingerprint density at radius 3 is 2.24 bits per heavy atom. The summed E-state index contributed by atoms with van der Waals surface area (Å²) in [6.45, 7) is 0. The summed E-state index contributed by atoms with van der Waals surface area (Å²) in [5.74, 6) is -2.77. The van der Waals surface area contributed by atoms with Crippen LogP contribution in [-0.4, -0.2) is 16.0 Å². The van der Waals surface area contributed by atoms with E-state index in [1.807, 2.05) is 0 Å². The standard InChI is InChI=1S/C7H4N2O7.Na/c10-7(11)4-2-1-3-5(8(12)13)6(4)16-9(14)15;/h1-3H,(H,10,11);/q;+1/p-1. The first-order chi connectivity index (χ1) is 7.43. The van der Waals surface area contributed by atoms with Gasteiger partial charge in [0.25, 0.3) is 10.8 Å². The maximum absolute atomic E-state index is 10.5. The molecule has 0 amide bonds. The minimum absolute atomic E-state index is 0. The molecule has 0 aliphatic rings. The fourth-order valence-electron chi connectivity index (χ4n) is 1.000. The summed E-state index contributed by atoms with van der Waals surface area (Å²) < 4.78 is 0. The predicted octanol–water partition coefficient (Wildman–Crippen LogP) is -3.47. The van der Waals surface area contributed by atoms with Crippen LogP contribution in [0.4, 0.5) is 5.69 Å². The molecule has 1 aromatic carbocycles. The molecular formula is C7H3N2NaO7. The molecule has 0 N–H and O–H groups in total. The molecule has 0 atom stereocenters. The minimum Gasteiger partial charge on any atom is -0.545 e. The van der Waals surface area contributed by atoms with Crippen LogP contribution in [0, 0.1) is 20.2 Å². The van der Waals surface area contributed by atoms with Gasteiger partial charge in [0.15, 0.2) is 0 Å². The van der Waals surface area contributed by atoms with Gasteiger partial charge in [-0.3, -0.25) is 15.0 Å². The third-order valence-electron chi connectivity index (χ3n) is 1.58. The smallest absolute Gasteiger partial charge is 0.545 e. The summed E-state index contributed by atoms with van der Waals surface area (Å²) >= 11 is 0. The molecule has 0 radical (unpaired) electrons. The zero-order valence-electron chi connectivity index (χ0n) is 8.48. The number of hydrogen-bond donors (Lipinski definition) is 0. The van der Waals surface area contributed by atoms with Crippen LogP contribution in [0.5, 0.6) is 5.75 Å². The molecule has 1 aromatic rings. The number of rotatable bonds is 4. The van der Waals surface area contributed by atoms with Gasteiger partial charge in [0.05, 0.1) is 10.9 Å². The van der Waals surface area contributed by atoms with Crippen molar-refractivity contribution in [1.29, 1.82) is 0 Å². The first-order valence-corrected chi connectivity index (χ1v) is 3.74. The monoisotopic (exact) mass is 250 g/mol. The number of carboxylic acid groups (broad SMARTS) is 1. The number of nitro benzene ring substituents is 1. The van der Waals surface area contributed by atoms with Crippen LogP contribution in [-0.2, 0) is 0 Å². The fraction of sp³-hybridized carbons (Fsp3) is 0. The molecular weight excluding hydrogens is 247 g/mol. The van der Waals surface area contributed by atoms with E-state index in [2.05, 4.69) is 4.84 Å². The number of carboxylic acids is 1. The Hall–Kier alpha value is -1.71. The summed E-state index contributed by atoms with van der Waals surface area (Å²) in [4.78, 5) is 33.9. The molecule has 0 heterocycles. The molecule has 0 saturated heterocycles. The van der Waals surface area contributed by atoms with E-state index >= 15 is 0 Å². The van der Waals surface area contributed by atoms with E-state index in [9.17, 15) is 30.1 Å². The molecule has 0 aliphatic carbocycles. The van der Waals surface area contributed by atoms with Crippen molar-refractivity contribution in [3.63, 3.8) is 0 Å². The number of carbonyl (C=O) groups is 1. The van der Waals surface area contributed by atoms with Crippen molar-refractivity contribution >= 4 is 11.7 Å². The number of carbonyl (C=O) groups excluding carboxylic acids is 1. The second-order valence-electron chi connectivity index (χ2n) is 2.51. The molecule has 0 spiro atoms. The van der Waals surface area contributed by atoms with E-state index in [1.165, 1.54) is 0 Å². The minimum atomic E-state index is -1.81. The molecule has 84 valence electrons. The van der Waals surface area contributed by atoms with Crippen molar-refractivity contribution in [3.05, 3.63) is 44.0 Å². The van der Waals surface area contributed by atoms with Gasteiger partial charge >= 0.3 is 29.6 Å². The average Bonchev–Trinajstić information content (AvgIpc) is 2.16. The van der Waals surface area contributed by atoms with Crippen molar-refractivity contribution in [2.24, 2.45) is 0 Å². The number of nitrogens with zero attached hydrogens (tertiary/aromatic N) is 2. The third-order valence-corrected chi connectivity index (χ3v) is 1.58. The Morgan fingerprint density at radius 1 is 1.24 bits per heavy atom. The predicted molar refractivity (Wildman–Crippen MR) is 45.0 cm³/mol. The van der Waals surface area contributed by atoms with E-state index in [-0.39, 0.29) is 29.6 Å². The van der Waals surface area contributed by atoms with Crippen molar-refractivity contribution in [3.8, 4) is 5.75 Å². The number of para-hydroxylation sites is 1. The first-order valence-electron chi connectivity index (χ1n) is 3.74. The Balaban J connectivity index is 0.00000256. The quantitative estimate of drug-likeness (QED) is 0.307. The zero-order valence-corrected chi connectivity index (χ0v) is 10.5. The summed E-state index contributed by atoms with van der Waals surface area (Å²) in [6.07, 6.45) is 0. The van der Waals surface area contributed by atoms with Gasteiger partial charge in [-0.2, -0.15) is 0 Å². The molecule has 1 rings (SSSR count). The molecule has 0 saturated carbocycles. The van der Waals surface area contributed by atoms with Crippen LogP contribution in [0.1, 0.15) is 10.4 Å². The molecule has 0 aliphatic heterocycles. The summed E-state index contributed by atoms with van der Waals surface area (Å²) in [5.41, 5.74) is -1.58. The molecule has 0 bridgehead atoms. The average molecular weight is 250 g/mol. The Kier molecular flexibility index (Phi) is 5.51. The molecule has 0 fully saturated rings. The van der Waals surface area contributed by atoms with Crippen LogP contribution in [0.3, 0.4) is 0 Å².